The van der Waals surface area contributed by atoms with Crippen LogP contribution in [0.15, 0.2) is 65.6 Å². The maximum atomic E-state index is 13.7. The monoisotopic (exact) mass is 504 g/mol. The Balaban J connectivity index is 2.00. The highest BCUT2D eigenvalue weighted by molar-refractivity contribution is 7.93. The van der Waals surface area contributed by atoms with E-state index in [1.807, 2.05) is 0 Å². The number of hydrogen-bond acceptors (Lipinski definition) is 6. The number of nitrogens with one attached hydrogen (secondary N) is 1. The van der Waals surface area contributed by atoms with Gasteiger partial charge in [-0.1, -0.05) is 17.7 Å². The van der Waals surface area contributed by atoms with E-state index in [0.29, 0.717) is 22.2 Å². The summed E-state index contributed by atoms with van der Waals surface area (Å²) in [6.45, 7) is 1.27. The van der Waals surface area contributed by atoms with Gasteiger partial charge in [-0.05, 0) is 61.0 Å². The molecule has 0 aliphatic carbocycles. The molecule has 0 atom stereocenters. The summed E-state index contributed by atoms with van der Waals surface area (Å²) in [7, 11) is 0.168. The average Bonchev–Trinajstić information content (AvgIpc) is 2.83. The molecule has 0 bridgehead atoms. The third kappa shape index (κ3) is 5.55. The number of aryl methyl sites for hydroxylation is 1. The molecule has 0 heterocycles. The molecule has 0 aromatic heterocycles. The van der Waals surface area contributed by atoms with E-state index in [0.717, 1.165) is 9.87 Å². The molecule has 0 saturated heterocycles. The van der Waals surface area contributed by atoms with Crippen molar-refractivity contribution >= 4 is 38.9 Å². The first-order chi connectivity index (χ1) is 16.2. The molecule has 3 rings (SSSR count). The molecule has 1 N–H and O–H groups in total. The third-order valence-electron chi connectivity index (χ3n) is 4.97. The summed E-state index contributed by atoms with van der Waals surface area (Å²) in [5.74, 6) is 0.510. The average molecular weight is 505 g/mol. The van der Waals surface area contributed by atoms with Crippen LogP contribution in [0.5, 0.6) is 17.2 Å². The smallest absolute Gasteiger partial charge is 0.268 e. The van der Waals surface area contributed by atoms with E-state index in [-0.39, 0.29) is 16.3 Å². The normalized spacial score (nSPS) is 11.0. The summed E-state index contributed by atoms with van der Waals surface area (Å²) in [6, 6.07) is 15.9. The molecule has 0 spiro atoms. The highest BCUT2D eigenvalue weighted by Crippen LogP contribution is 2.32. The fourth-order valence-electron chi connectivity index (χ4n) is 3.25. The summed E-state index contributed by atoms with van der Waals surface area (Å²) in [6.07, 6.45) is 0. The Bertz CT molecular complexity index is 1280. The molecular weight excluding hydrogens is 480 g/mol. The molecule has 1 amide bonds. The molecule has 34 heavy (non-hydrogen) atoms. The van der Waals surface area contributed by atoms with Gasteiger partial charge in [-0.2, -0.15) is 0 Å². The molecule has 0 unspecified atom stereocenters. The van der Waals surface area contributed by atoms with Crippen molar-refractivity contribution in [2.45, 2.75) is 11.8 Å². The van der Waals surface area contributed by atoms with Gasteiger partial charge in [0.1, 0.15) is 28.7 Å². The number of nitrogens with zero attached hydrogens (tertiary/aromatic N) is 1. The number of anilines is 2. The standard InChI is InChI=1S/C24H25ClN2O6S/c1-16-5-12-21(32-3)23(13-16)34(29,30)27(18-8-6-17(25)7-9-18)15-24(28)26-20-11-10-19(31-2)14-22(20)33-4/h5-14H,15H2,1-4H3,(H,26,28). The number of carbonyl (C=O) groups is 1. The largest absolute Gasteiger partial charge is 0.497 e. The number of methoxy groups -OCH3 is 3. The number of rotatable bonds is 9. The molecule has 10 heteroatoms. The molecule has 3 aromatic rings. The van der Waals surface area contributed by atoms with E-state index in [4.69, 9.17) is 25.8 Å². The molecule has 0 fully saturated rings. The number of sulfonamides is 1. The molecule has 180 valence electrons. The van der Waals surface area contributed by atoms with Crippen molar-refractivity contribution in [2.75, 3.05) is 37.5 Å². The zero-order chi connectivity index (χ0) is 24.9. The van der Waals surface area contributed by atoms with Crippen LogP contribution < -0.4 is 23.8 Å². The topological polar surface area (TPSA) is 94.2 Å². The Morgan fingerprint density at radius 1 is 0.912 bits per heavy atom. The first kappa shape index (κ1) is 25.2. The zero-order valence-corrected chi connectivity index (χ0v) is 20.7. The molecule has 0 radical (unpaired) electrons. The van der Waals surface area contributed by atoms with Gasteiger partial charge in [0, 0.05) is 11.1 Å². The molecule has 0 saturated carbocycles. The van der Waals surface area contributed by atoms with Gasteiger partial charge >= 0.3 is 0 Å². The Labute approximate surface area is 204 Å². The second-order valence-electron chi connectivity index (χ2n) is 7.26. The van der Waals surface area contributed by atoms with Crippen LogP contribution in [-0.4, -0.2) is 42.2 Å². The van der Waals surface area contributed by atoms with E-state index in [1.165, 1.54) is 39.5 Å². The number of ether oxygens (including phenoxy) is 3. The van der Waals surface area contributed by atoms with Crippen molar-refractivity contribution in [2.24, 2.45) is 0 Å². The van der Waals surface area contributed by atoms with Crippen LogP contribution in [-0.2, 0) is 14.8 Å². The number of amides is 1. The zero-order valence-electron chi connectivity index (χ0n) is 19.2. The molecule has 0 aliphatic heterocycles. The van der Waals surface area contributed by atoms with Crippen LogP contribution in [0.2, 0.25) is 5.02 Å². The van der Waals surface area contributed by atoms with Crippen LogP contribution in [0.1, 0.15) is 5.56 Å². The van der Waals surface area contributed by atoms with Crippen molar-refractivity contribution in [3.63, 3.8) is 0 Å². The maximum absolute atomic E-state index is 13.7. The first-order valence-corrected chi connectivity index (χ1v) is 12.0. The van der Waals surface area contributed by atoms with Crippen LogP contribution in [0, 0.1) is 6.92 Å². The maximum Gasteiger partial charge on any atom is 0.268 e. The van der Waals surface area contributed by atoms with Crippen LogP contribution in [0.4, 0.5) is 11.4 Å². The fraction of sp³-hybridized carbons (Fsp3) is 0.208. The molecular formula is C24H25ClN2O6S. The van der Waals surface area contributed by atoms with Crippen molar-refractivity contribution in [3.8, 4) is 17.2 Å². The Kier molecular flexibility index (Phi) is 7.90. The predicted octanol–water partition coefficient (Wildman–Crippen LogP) is 4.51. The first-order valence-electron chi connectivity index (χ1n) is 10.1. The van der Waals surface area contributed by atoms with Crippen molar-refractivity contribution in [3.05, 3.63) is 71.2 Å². The third-order valence-corrected chi connectivity index (χ3v) is 7.02. The van der Waals surface area contributed by atoms with Gasteiger partial charge in [-0.25, -0.2) is 8.42 Å². The summed E-state index contributed by atoms with van der Waals surface area (Å²) in [4.78, 5) is 13.0. The number of halogens is 1. The number of hydrogen-bond donors (Lipinski definition) is 1. The van der Waals surface area contributed by atoms with E-state index >= 15 is 0 Å². The van der Waals surface area contributed by atoms with Crippen LogP contribution >= 0.6 is 11.6 Å². The van der Waals surface area contributed by atoms with Gasteiger partial charge in [0.15, 0.2) is 0 Å². The van der Waals surface area contributed by atoms with E-state index in [2.05, 4.69) is 5.32 Å². The second-order valence-corrected chi connectivity index (χ2v) is 9.52. The predicted molar refractivity (Wildman–Crippen MR) is 132 cm³/mol. The Hall–Kier alpha value is -3.43. The van der Waals surface area contributed by atoms with Gasteiger partial charge in [0.2, 0.25) is 5.91 Å². The van der Waals surface area contributed by atoms with Gasteiger partial charge in [-0.3, -0.25) is 9.10 Å². The highest BCUT2D eigenvalue weighted by Gasteiger charge is 2.30. The summed E-state index contributed by atoms with van der Waals surface area (Å²) in [5.41, 5.74) is 1.36. The Morgan fingerprint density at radius 2 is 1.59 bits per heavy atom. The van der Waals surface area contributed by atoms with E-state index in [9.17, 15) is 13.2 Å². The summed E-state index contributed by atoms with van der Waals surface area (Å²) < 4.78 is 44.3. The van der Waals surface area contributed by atoms with E-state index < -0.39 is 22.5 Å². The minimum Gasteiger partial charge on any atom is -0.497 e. The van der Waals surface area contributed by atoms with Crippen molar-refractivity contribution in [1.82, 2.24) is 0 Å². The summed E-state index contributed by atoms with van der Waals surface area (Å²) in [5, 5.41) is 3.14. The minimum atomic E-state index is -4.19. The van der Waals surface area contributed by atoms with Gasteiger partial charge in [0.25, 0.3) is 10.0 Å². The SMILES string of the molecule is COc1ccc(NC(=O)CN(c2ccc(Cl)cc2)S(=O)(=O)c2cc(C)ccc2OC)c(OC)c1. The van der Waals surface area contributed by atoms with Crippen molar-refractivity contribution in [1.29, 1.82) is 0 Å². The lowest BCUT2D eigenvalue weighted by Crippen LogP contribution is -2.38. The van der Waals surface area contributed by atoms with Gasteiger partial charge < -0.3 is 19.5 Å². The lowest BCUT2D eigenvalue weighted by atomic mass is 10.2. The minimum absolute atomic E-state index is 0.0558. The molecule has 0 aliphatic rings. The lowest BCUT2D eigenvalue weighted by molar-refractivity contribution is -0.114. The molecule has 8 nitrogen and oxygen atoms in total. The van der Waals surface area contributed by atoms with Crippen LogP contribution in [0.3, 0.4) is 0 Å². The van der Waals surface area contributed by atoms with Crippen LogP contribution in [0.25, 0.3) is 0 Å². The molecule has 3 aromatic carbocycles. The summed E-state index contributed by atoms with van der Waals surface area (Å²) >= 11 is 6.00. The number of carbonyl (C=O) groups excluding carboxylic acids is 1. The fourth-order valence-corrected chi connectivity index (χ4v) is 5.04. The van der Waals surface area contributed by atoms with E-state index in [1.54, 1.807) is 49.4 Å². The number of benzene rings is 3. The lowest BCUT2D eigenvalue weighted by Gasteiger charge is -2.25. The Morgan fingerprint density at radius 3 is 2.21 bits per heavy atom. The van der Waals surface area contributed by atoms with Gasteiger partial charge in [0.05, 0.1) is 32.7 Å². The van der Waals surface area contributed by atoms with Crippen molar-refractivity contribution < 1.29 is 27.4 Å². The second kappa shape index (κ2) is 10.7. The highest BCUT2D eigenvalue weighted by atomic mass is 35.5. The quantitative estimate of drug-likeness (QED) is 0.461. The van der Waals surface area contributed by atoms with Gasteiger partial charge in [-0.15, -0.1) is 0 Å².